The first kappa shape index (κ1) is 18.4. The van der Waals surface area contributed by atoms with Gasteiger partial charge in [0.15, 0.2) is 0 Å². The van der Waals surface area contributed by atoms with Crippen LogP contribution in [0.3, 0.4) is 0 Å². The molecule has 3 nitrogen and oxygen atoms in total. The van der Waals surface area contributed by atoms with Crippen molar-refractivity contribution in [2.75, 3.05) is 11.9 Å². The first-order valence-electron chi connectivity index (χ1n) is 9.99. The fourth-order valence-electron chi connectivity index (χ4n) is 3.92. The maximum Gasteiger partial charge on any atom is 0.260 e. The number of hydrogen-bond acceptors (Lipinski definition) is 2. The van der Waals surface area contributed by atoms with Gasteiger partial charge in [-0.05, 0) is 53.8 Å². The van der Waals surface area contributed by atoms with Crippen LogP contribution in [0.5, 0.6) is 0 Å². The second-order valence-electron chi connectivity index (χ2n) is 7.52. The van der Waals surface area contributed by atoms with Crippen molar-refractivity contribution in [2.45, 2.75) is 12.8 Å². The van der Waals surface area contributed by atoms with Gasteiger partial charge in [-0.3, -0.25) is 4.79 Å². The fourth-order valence-corrected chi connectivity index (χ4v) is 3.92. The van der Waals surface area contributed by atoms with Gasteiger partial charge < -0.3 is 10.1 Å². The molecule has 1 amide bonds. The molecule has 4 heteroatoms. The van der Waals surface area contributed by atoms with E-state index in [4.69, 9.17) is 4.74 Å². The van der Waals surface area contributed by atoms with E-state index >= 15 is 0 Å². The van der Waals surface area contributed by atoms with Gasteiger partial charge in [0.2, 0.25) is 0 Å². The number of rotatable bonds is 4. The van der Waals surface area contributed by atoms with Gasteiger partial charge in [0.05, 0.1) is 11.3 Å². The van der Waals surface area contributed by atoms with E-state index < -0.39 is 0 Å². The molecule has 0 unspecified atom stereocenters. The molecule has 1 N–H and O–H groups in total. The van der Waals surface area contributed by atoms with Gasteiger partial charge >= 0.3 is 0 Å². The molecule has 2 aliphatic heterocycles. The maximum atomic E-state index is 13.5. The highest BCUT2D eigenvalue weighted by atomic mass is 19.1. The number of fused-ring (bicyclic) bond motifs is 1. The van der Waals surface area contributed by atoms with Crippen LogP contribution in [-0.2, 0) is 22.4 Å². The van der Waals surface area contributed by atoms with Crippen molar-refractivity contribution in [3.05, 3.63) is 113 Å². The van der Waals surface area contributed by atoms with E-state index in [-0.39, 0.29) is 11.7 Å². The number of carbonyl (C=O) groups is 1. The zero-order valence-corrected chi connectivity index (χ0v) is 16.3. The molecule has 2 aliphatic rings. The summed E-state index contributed by atoms with van der Waals surface area (Å²) in [5.41, 5.74) is 6.33. The second kappa shape index (κ2) is 7.64. The quantitative estimate of drug-likeness (QED) is 0.600. The summed E-state index contributed by atoms with van der Waals surface area (Å²) >= 11 is 0. The Morgan fingerprint density at radius 2 is 1.63 bits per heavy atom. The van der Waals surface area contributed by atoms with Crippen molar-refractivity contribution < 1.29 is 13.9 Å². The molecule has 0 spiro atoms. The summed E-state index contributed by atoms with van der Waals surface area (Å²) in [7, 11) is 0. The smallest absolute Gasteiger partial charge is 0.260 e. The minimum absolute atomic E-state index is 0.264. The normalized spacial score (nSPS) is 17.4. The van der Waals surface area contributed by atoms with Crippen LogP contribution in [0.15, 0.2) is 84.6 Å². The Hall–Kier alpha value is -3.66. The molecule has 3 aromatic rings. The predicted octanol–water partition coefficient (Wildman–Crippen LogP) is 5.39. The van der Waals surface area contributed by atoms with Crippen molar-refractivity contribution in [1.82, 2.24) is 0 Å². The van der Waals surface area contributed by atoms with Gasteiger partial charge in [0.1, 0.15) is 18.2 Å². The molecule has 0 radical (unpaired) electrons. The Bertz CT molecular complexity index is 1180. The van der Waals surface area contributed by atoms with E-state index in [0.29, 0.717) is 29.2 Å². The summed E-state index contributed by atoms with van der Waals surface area (Å²) in [5.74, 6) is -0.114. The van der Waals surface area contributed by atoms with Crippen LogP contribution in [0.2, 0.25) is 0 Å². The monoisotopic (exact) mass is 397 g/mol. The molecular weight excluding hydrogens is 377 g/mol. The lowest BCUT2D eigenvalue weighted by Gasteiger charge is -2.05. The number of halogens is 1. The molecule has 0 aromatic heterocycles. The average molecular weight is 397 g/mol. The molecule has 0 fully saturated rings. The van der Waals surface area contributed by atoms with Crippen LogP contribution < -0.4 is 5.32 Å². The van der Waals surface area contributed by atoms with Crippen LogP contribution in [0, 0.1) is 5.82 Å². The summed E-state index contributed by atoms with van der Waals surface area (Å²) in [6.07, 6.45) is 3.91. The SMILES string of the molecule is O=C1Nc2cc(F)ccc2/C1=C1/C=C(c2ccc(CCc3ccccc3)cc2)CO1. The molecule has 0 saturated heterocycles. The minimum Gasteiger partial charge on any atom is -0.488 e. The van der Waals surface area contributed by atoms with Gasteiger partial charge in [-0.15, -0.1) is 0 Å². The number of allylic oxidation sites excluding steroid dienone is 1. The zero-order chi connectivity index (χ0) is 20.5. The Morgan fingerprint density at radius 1 is 0.900 bits per heavy atom. The second-order valence-corrected chi connectivity index (χ2v) is 7.52. The lowest BCUT2D eigenvalue weighted by Crippen LogP contribution is -2.05. The van der Waals surface area contributed by atoms with E-state index in [1.165, 1.54) is 23.3 Å². The first-order chi connectivity index (χ1) is 14.7. The Morgan fingerprint density at radius 3 is 2.40 bits per heavy atom. The van der Waals surface area contributed by atoms with E-state index in [1.54, 1.807) is 6.07 Å². The lowest BCUT2D eigenvalue weighted by molar-refractivity contribution is -0.110. The highest BCUT2D eigenvalue weighted by molar-refractivity contribution is 6.32. The molecule has 0 bridgehead atoms. The van der Waals surface area contributed by atoms with Crippen molar-refractivity contribution in [2.24, 2.45) is 0 Å². The first-order valence-corrected chi connectivity index (χ1v) is 9.99. The summed E-state index contributed by atoms with van der Waals surface area (Å²) < 4.78 is 19.3. The third-order valence-corrected chi connectivity index (χ3v) is 5.53. The Balaban J connectivity index is 1.36. The van der Waals surface area contributed by atoms with Gasteiger partial charge in [0.25, 0.3) is 5.91 Å². The maximum absolute atomic E-state index is 13.5. The van der Waals surface area contributed by atoms with Gasteiger partial charge in [-0.1, -0.05) is 54.6 Å². The number of benzene rings is 3. The molecule has 3 aromatic carbocycles. The summed E-state index contributed by atoms with van der Waals surface area (Å²) in [6, 6.07) is 23.2. The number of carbonyl (C=O) groups excluding carboxylic acids is 1. The molecule has 0 atom stereocenters. The number of hydrogen-bond donors (Lipinski definition) is 1. The fraction of sp³-hybridized carbons (Fsp3) is 0.115. The Labute approximate surface area is 174 Å². The zero-order valence-electron chi connectivity index (χ0n) is 16.3. The van der Waals surface area contributed by atoms with E-state index in [0.717, 1.165) is 24.0 Å². The lowest BCUT2D eigenvalue weighted by atomic mass is 10.00. The molecule has 148 valence electrons. The number of nitrogens with one attached hydrogen (secondary N) is 1. The highest BCUT2D eigenvalue weighted by Crippen LogP contribution is 2.38. The predicted molar refractivity (Wildman–Crippen MR) is 116 cm³/mol. The molecule has 0 aliphatic carbocycles. The summed E-state index contributed by atoms with van der Waals surface area (Å²) in [4.78, 5) is 12.4. The van der Waals surface area contributed by atoms with Crippen LogP contribution in [0.1, 0.15) is 22.3 Å². The van der Waals surface area contributed by atoms with E-state index in [2.05, 4.69) is 53.8 Å². The topological polar surface area (TPSA) is 38.3 Å². The van der Waals surface area contributed by atoms with E-state index in [9.17, 15) is 9.18 Å². The standard InChI is InChI=1S/C26H20FNO2/c27-21-12-13-22-23(15-21)28-26(29)25(22)24-14-20(16-30-24)19-10-8-18(9-11-19)7-6-17-4-2-1-3-5-17/h1-5,8-15H,6-7,16H2,(H,28,29)/b25-24+. The average Bonchev–Trinajstić information content (AvgIpc) is 3.36. The van der Waals surface area contributed by atoms with Crippen LogP contribution >= 0.6 is 0 Å². The number of anilines is 1. The molecule has 30 heavy (non-hydrogen) atoms. The van der Waals surface area contributed by atoms with Crippen LogP contribution in [0.25, 0.3) is 11.1 Å². The largest absolute Gasteiger partial charge is 0.488 e. The molecular formula is C26H20FNO2. The van der Waals surface area contributed by atoms with Crippen molar-refractivity contribution in [3.63, 3.8) is 0 Å². The van der Waals surface area contributed by atoms with Crippen molar-refractivity contribution in [1.29, 1.82) is 0 Å². The molecule has 0 saturated carbocycles. The summed E-state index contributed by atoms with van der Waals surface area (Å²) in [6.45, 7) is 0.409. The van der Waals surface area contributed by atoms with Crippen molar-refractivity contribution in [3.8, 4) is 0 Å². The van der Waals surface area contributed by atoms with Gasteiger partial charge in [-0.25, -0.2) is 4.39 Å². The molecule has 5 rings (SSSR count). The minimum atomic E-state index is -0.378. The number of ether oxygens (including phenoxy) is 1. The molecule has 2 heterocycles. The van der Waals surface area contributed by atoms with Gasteiger partial charge in [-0.2, -0.15) is 0 Å². The number of amides is 1. The third kappa shape index (κ3) is 3.52. The van der Waals surface area contributed by atoms with E-state index in [1.807, 2.05) is 12.1 Å². The third-order valence-electron chi connectivity index (χ3n) is 5.53. The van der Waals surface area contributed by atoms with Crippen molar-refractivity contribution >= 4 is 22.7 Å². The Kier molecular flexibility index (Phi) is 4.68. The summed E-state index contributed by atoms with van der Waals surface area (Å²) in [5, 5.41) is 2.71. The highest BCUT2D eigenvalue weighted by Gasteiger charge is 2.30. The van der Waals surface area contributed by atoms with Crippen LogP contribution in [0.4, 0.5) is 10.1 Å². The van der Waals surface area contributed by atoms with Crippen LogP contribution in [-0.4, -0.2) is 12.5 Å². The number of aryl methyl sites for hydroxylation is 2. The van der Waals surface area contributed by atoms with Gasteiger partial charge in [0, 0.05) is 11.1 Å².